The number of fused-ring (bicyclic) bond motifs is 6. The largest absolute Gasteiger partial charge is 0.417 e. The molecule has 0 aromatic heterocycles. The van der Waals surface area contributed by atoms with Crippen LogP contribution in [0.25, 0.3) is 0 Å². The van der Waals surface area contributed by atoms with Crippen LogP contribution in [-0.4, -0.2) is 24.2 Å². The molecule has 3 fully saturated rings. The molecule has 2 saturated heterocycles. The van der Waals surface area contributed by atoms with Crippen molar-refractivity contribution >= 4 is 17.3 Å². The van der Waals surface area contributed by atoms with Gasteiger partial charge in [0.25, 0.3) is 0 Å². The number of anilines is 1. The maximum absolute atomic E-state index is 14.1. The van der Waals surface area contributed by atoms with Gasteiger partial charge >= 0.3 is 12.4 Å². The molecule has 0 N–H and O–H groups in total. The Morgan fingerprint density at radius 1 is 0.895 bits per heavy atom. The van der Waals surface area contributed by atoms with E-state index in [1.54, 1.807) is 6.07 Å². The highest BCUT2D eigenvalue weighted by Gasteiger charge is 2.40. The summed E-state index contributed by atoms with van der Waals surface area (Å²) in [6, 6.07) is 7.43. The van der Waals surface area contributed by atoms with Crippen molar-refractivity contribution in [1.82, 2.24) is 0 Å². The topological polar surface area (TPSA) is 37.4 Å². The number of piperidine rings is 1. The summed E-state index contributed by atoms with van der Waals surface area (Å²) in [5.74, 6) is -1.59. The van der Waals surface area contributed by atoms with Crippen molar-refractivity contribution < 1.29 is 35.9 Å². The molecule has 38 heavy (non-hydrogen) atoms. The second-order valence-electron chi connectivity index (χ2n) is 10.5. The van der Waals surface area contributed by atoms with Crippen molar-refractivity contribution in [3.8, 4) is 0 Å². The zero-order valence-electron chi connectivity index (χ0n) is 20.6. The number of hydrogen-bond acceptors (Lipinski definition) is 3. The van der Waals surface area contributed by atoms with Crippen LogP contribution in [0.1, 0.15) is 71.1 Å². The fourth-order valence-corrected chi connectivity index (χ4v) is 6.15. The van der Waals surface area contributed by atoms with Crippen LogP contribution >= 0.6 is 0 Å². The van der Waals surface area contributed by atoms with Crippen LogP contribution in [0.15, 0.2) is 48.0 Å². The number of rotatable bonds is 4. The van der Waals surface area contributed by atoms with Gasteiger partial charge in [0, 0.05) is 30.3 Å². The predicted octanol–water partition coefficient (Wildman–Crippen LogP) is 7.36. The van der Waals surface area contributed by atoms with Crippen LogP contribution in [0, 0.1) is 5.92 Å². The quantitative estimate of drug-likeness (QED) is 0.303. The Kier molecular flexibility index (Phi) is 6.90. The van der Waals surface area contributed by atoms with Gasteiger partial charge in [-0.3, -0.25) is 9.59 Å². The molecule has 2 unspecified atom stereocenters. The molecule has 3 nitrogen and oxygen atoms in total. The molecule has 4 aliphatic rings. The number of Topliss-reactive ketones (excluding diaryl/α,β-unsaturated/α-hetero) is 2. The summed E-state index contributed by atoms with van der Waals surface area (Å²) in [5, 5.41) is 0. The summed E-state index contributed by atoms with van der Waals surface area (Å²) in [6.07, 6.45) is -3.00. The van der Waals surface area contributed by atoms with Crippen molar-refractivity contribution in [1.29, 1.82) is 0 Å². The number of ketones is 2. The molecule has 2 heterocycles. The highest BCUT2D eigenvalue weighted by molar-refractivity contribution is 6.28. The second kappa shape index (κ2) is 9.89. The summed E-state index contributed by atoms with van der Waals surface area (Å²) >= 11 is 0. The highest BCUT2D eigenvalue weighted by atomic mass is 19.4. The Morgan fingerprint density at radius 2 is 1.63 bits per heavy atom. The van der Waals surface area contributed by atoms with Crippen molar-refractivity contribution in [2.75, 3.05) is 11.4 Å². The molecule has 6 rings (SSSR count). The van der Waals surface area contributed by atoms with E-state index >= 15 is 0 Å². The average molecular weight is 536 g/mol. The summed E-state index contributed by atoms with van der Waals surface area (Å²) in [4.78, 5) is 28.1. The van der Waals surface area contributed by atoms with Gasteiger partial charge < -0.3 is 4.90 Å². The molecular weight excluding hydrogens is 508 g/mol. The standard InChI is InChI=1S/C29H27F6NO2/c30-28(31,32)23-7-3-5-18-10-13-22(27(38)26(18)23)25(37)14-19-9-12-21(15-24(19)29(33,34)35)36-16-17-4-1-2-6-20(36)11-8-17/h3,5,7,9,12-13,15,17,20H,1-2,4,6,8,10-11,14,16H2. The molecule has 2 bridgehead atoms. The molecule has 2 aromatic carbocycles. The molecule has 0 radical (unpaired) electrons. The smallest absolute Gasteiger partial charge is 0.368 e. The van der Waals surface area contributed by atoms with Gasteiger partial charge in [0.05, 0.1) is 16.7 Å². The lowest BCUT2D eigenvalue weighted by molar-refractivity contribution is -0.139. The normalized spacial score (nSPS) is 22.0. The number of halogens is 6. The first-order chi connectivity index (χ1) is 17.9. The molecule has 0 amide bonds. The van der Waals surface area contributed by atoms with E-state index in [-0.39, 0.29) is 23.6 Å². The van der Waals surface area contributed by atoms with Crippen LogP contribution in [0.5, 0.6) is 0 Å². The maximum atomic E-state index is 14.1. The summed E-state index contributed by atoms with van der Waals surface area (Å²) in [5.41, 5.74) is -2.93. The maximum Gasteiger partial charge on any atom is 0.417 e. The van der Waals surface area contributed by atoms with E-state index in [4.69, 9.17) is 0 Å². The first kappa shape index (κ1) is 26.5. The number of alkyl halides is 6. The Hall–Kier alpha value is -3.10. The van der Waals surface area contributed by atoms with Crippen LogP contribution in [-0.2, 0) is 30.0 Å². The predicted molar refractivity (Wildman–Crippen MR) is 130 cm³/mol. The minimum absolute atomic E-state index is 0.0886. The van der Waals surface area contributed by atoms with E-state index in [9.17, 15) is 35.9 Å². The number of allylic oxidation sites excluding steroid dienone is 2. The van der Waals surface area contributed by atoms with E-state index in [2.05, 4.69) is 4.90 Å². The van der Waals surface area contributed by atoms with E-state index < -0.39 is 52.6 Å². The summed E-state index contributed by atoms with van der Waals surface area (Å²) in [6.45, 7) is 0.697. The van der Waals surface area contributed by atoms with Gasteiger partial charge in [0.15, 0.2) is 11.6 Å². The van der Waals surface area contributed by atoms with Crippen molar-refractivity contribution in [2.45, 2.75) is 69.8 Å². The molecule has 2 aromatic rings. The van der Waals surface area contributed by atoms with E-state index in [1.165, 1.54) is 24.3 Å². The number of carbonyl (C=O) groups is 2. The molecule has 1 saturated carbocycles. The van der Waals surface area contributed by atoms with Gasteiger partial charge in [-0.2, -0.15) is 26.3 Å². The van der Waals surface area contributed by atoms with E-state index in [0.29, 0.717) is 18.2 Å². The molecule has 2 aliphatic carbocycles. The van der Waals surface area contributed by atoms with Gasteiger partial charge in [-0.25, -0.2) is 0 Å². The molecule has 202 valence electrons. The third-order valence-corrected chi connectivity index (χ3v) is 8.04. The minimum atomic E-state index is -4.81. The summed E-state index contributed by atoms with van der Waals surface area (Å²) < 4.78 is 83.0. The third kappa shape index (κ3) is 5.12. The van der Waals surface area contributed by atoms with Crippen LogP contribution < -0.4 is 4.90 Å². The van der Waals surface area contributed by atoms with Gasteiger partial charge in [0.1, 0.15) is 0 Å². The van der Waals surface area contributed by atoms with Gasteiger partial charge in [0.2, 0.25) is 0 Å². The van der Waals surface area contributed by atoms with E-state index in [0.717, 1.165) is 50.7 Å². The number of benzene rings is 2. The van der Waals surface area contributed by atoms with Gasteiger partial charge in [-0.05, 0) is 67.3 Å². The zero-order chi connectivity index (χ0) is 27.2. The second-order valence-corrected chi connectivity index (χ2v) is 10.5. The van der Waals surface area contributed by atoms with Crippen LogP contribution in [0.3, 0.4) is 0 Å². The van der Waals surface area contributed by atoms with Crippen molar-refractivity contribution in [3.63, 3.8) is 0 Å². The Labute approximate surface area is 216 Å². The fourth-order valence-electron chi connectivity index (χ4n) is 6.15. The molecular formula is C29H27F6NO2. The highest BCUT2D eigenvalue weighted by Crippen LogP contribution is 2.40. The van der Waals surface area contributed by atoms with Crippen LogP contribution in [0.4, 0.5) is 32.0 Å². The lowest BCUT2D eigenvalue weighted by Gasteiger charge is -2.43. The number of hydrogen-bond donors (Lipinski definition) is 0. The molecule has 0 spiro atoms. The van der Waals surface area contributed by atoms with E-state index in [1.807, 2.05) is 0 Å². The molecule has 2 atom stereocenters. The first-order valence-corrected chi connectivity index (χ1v) is 12.9. The van der Waals surface area contributed by atoms with Crippen LogP contribution in [0.2, 0.25) is 0 Å². The number of carbonyl (C=O) groups excluding carboxylic acids is 2. The summed E-state index contributed by atoms with van der Waals surface area (Å²) in [7, 11) is 0. The van der Waals surface area contributed by atoms with Gasteiger partial charge in [-0.15, -0.1) is 0 Å². The Morgan fingerprint density at radius 3 is 2.37 bits per heavy atom. The third-order valence-electron chi connectivity index (χ3n) is 8.04. The lowest BCUT2D eigenvalue weighted by atomic mass is 9.82. The monoisotopic (exact) mass is 535 g/mol. The van der Waals surface area contributed by atoms with Crippen molar-refractivity contribution in [2.24, 2.45) is 5.92 Å². The van der Waals surface area contributed by atoms with Crippen molar-refractivity contribution in [3.05, 3.63) is 75.9 Å². The SMILES string of the molecule is O=C(Cc1ccc(N2CC3CCCCC2CC3)cc1C(F)(F)F)C1=CCc2cccc(C(F)(F)F)c2C1=O. The Bertz CT molecular complexity index is 1290. The lowest BCUT2D eigenvalue weighted by Crippen LogP contribution is -2.44. The van der Waals surface area contributed by atoms with Gasteiger partial charge in [-0.1, -0.05) is 37.1 Å². The average Bonchev–Trinajstić information content (AvgIpc) is 2.83. The first-order valence-electron chi connectivity index (χ1n) is 12.9. The molecule has 9 heteroatoms. The Balaban J connectivity index is 1.43. The molecule has 2 aliphatic heterocycles. The fraction of sp³-hybridized carbons (Fsp3) is 0.448. The number of nitrogens with zero attached hydrogens (tertiary/aromatic N) is 1. The minimum Gasteiger partial charge on any atom is -0.368 e. The zero-order valence-corrected chi connectivity index (χ0v) is 20.6.